The minimum Gasteiger partial charge on any atom is -0.370 e. The molecule has 8 nitrogen and oxygen atoms in total. The third-order valence-electron chi connectivity index (χ3n) is 4.82. The van der Waals surface area contributed by atoms with Crippen LogP contribution in [0, 0.1) is 5.92 Å². The summed E-state index contributed by atoms with van der Waals surface area (Å²) in [6.45, 7) is 6.16. The molecule has 0 aromatic carbocycles. The lowest BCUT2D eigenvalue weighted by Crippen LogP contribution is -2.27. The van der Waals surface area contributed by atoms with Crippen LogP contribution in [0.25, 0.3) is 5.78 Å². The molecular formula is C17H24N8. The molecule has 0 fully saturated rings. The highest BCUT2D eigenvalue weighted by Gasteiger charge is 2.22. The number of aromatic nitrogens is 7. The molecule has 1 aliphatic heterocycles. The fraction of sp³-hybridized carbons (Fsp3) is 0.588. The highest BCUT2D eigenvalue weighted by atomic mass is 15.4. The van der Waals surface area contributed by atoms with Crippen molar-refractivity contribution in [2.45, 2.75) is 52.5 Å². The van der Waals surface area contributed by atoms with E-state index in [1.807, 2.05) is 0 Å². The summed E-state index contributed by atoms with van der Waals surface area (Å²) in [6.07, 6.45) is 6.62. The van der Waals surface area contributed by atoms with Gasteiger partial charge in [-0.2, -0.15) is 14.6 Å². The quantitative estimate of drug-likeness (QED) is 0.738. The zero-order valence-corrected chi connectivity index (χ0v) is 14.8. The zero-order valence-electron chi connectivity index (χ0n) is 14.8. The Morgan fingerprint density at radius 2 is 2.20 bits per heavy atom. The van der Waals surface area contributed by atoms with Gasteiger partial charge in [0.25, 0.3) is 5.78 Å². The molecule has 132 valence electrons. The lowest BCUT2D eigenvalue weighted by atomic mass is 9.99. The van der Waals surface area contributed by atoms with Crippen molar-refractivity contribution in [1.82, 2.24) is 34.3 Å². The summed E-state index contributed by atoms with van der Waals surface area (Å²) < 4.78 is 4.07. The standard InChI is InChI=1S/C17H24N8/c1-3-5-13-8-16(25-17(21-13)19-11-20-25)18-9-12-6-7-15-23-22-14(4-2)24(15)10-12/h8,11-12,18H,3-7,9-10H2,1-2H3/t12-/m1/s1. The summed E-state index contributed by atoms with van der Waals surface area (Å²) in [5.41, 5.74) is 1.06. The molecule has 0 saturated carbocycles. The Kier molecular flexibility index (Phi) is 4.33. The minimum atomic E-state index is 0.551. The van der Waals surface area contributed by atoms with Gasteiger partial charge in [0, 0.05) is 37.7 Å². The van der Waals surface area contributed by atoms with E-state index in [0.29, 0.717) is 11.7 Å². The molecule has 8 heteroatoms. The SMILES string of the molecule is CCCc1cc(NC[C@H]2CCc3nnc(CC)n3C2)n2ncnc2n1. The summed E-state index contributed by atoms with van der Waals surface area (Å²) in [5, 5.41) is 16.5. The van der Waals surface area contributed by atoms with E-state index in [1.165, 1.54) is 0 Å². The molecule has 0 amide bonds. The first kappa shape index (κ1) is 16.0. The van der Waals surface area contributed by atoms with Crippen LogP contribution >= 0.6 is 0 Å². The third-order valence-corrected chi connectivity index (χ3v) is 4.82. The van der Waals surface area contributed by atoms with E-state index in [0.717, 1.165) is 68.4 Å². The van der Waals surface area contributed by atoms with E-state index in [4.69, 9.17) is 0 Å². The fourth-order valence-electron chi connectivity index (χ4n) is 3.50. The Hall–Kier alpha value is -2.51. The van der Waals surface area contributed by atoms with Crippen molar-refractivity contribution in [3.8, 4) is 0 Å². The number of fused-ring (bicyclic) bond motifs is 2. The van der Waals surface area contributed by atoms with Crippen molar-refractivity contribution < 1.29 is 0 Å². The highest BCUT2D eigenvalue weighted by Crippen LogP contribution is 2.21. The van der Waals surface area contributed by atoms with Crippen LogP contribution < -0.4 is 5.32 Å². The van der Waals surface area contributed by atoms with E-state index in [1.54, 1.807) is 10.8 Å². The summed E-state index contributed by atoms with van der Waals surface area (Å²) in [7, 11) is 0. The van der Waals surface area contributed by atoms with E-state index >= 15 is 0 Å². The second-order valence-corrected chi connectivity index (χ2v) is 6.64. The van der Waals surface area contributed by atoms with Crippen molar-refractivity contribution in [3.05, 3.63) is 29.7 Å². The van der Waals surface area contributed by atoms with Gasteiger partial charge in [-0.1, -0.05) is 20.3 Å². The maximum absolute atomic E-state index is 4.55. The van der Waals surface area contributed by atoms with Crippen LogP contribution in [0.15, 0.2) is 12.4 Å². The molecule has 0 bridgehead atoms. The van der Waals surface area contributed by atoms with Gasteiger partial charge < -0.3 is 9.88 Å². The molecule has 1 N–H and O–H groups in total. The number of hydrogen-bond donors (Lipinski definition) is 1. The lowest BCUT2D eigenvalue weighted by Gasteiger charge is -2.25. The van der Waals surface area contributed by atoms with Gasteiger partial charge in [-0.05, 0) is 18.8 Å². The first-order valence-corrected chi connectivity index (χ1v) is 9.13. The van der Waals surface area contributed by atoms with Crippen LogP contribution in [0.3, 0.4) is 0 Å². The van der Waals surface area contributed by atoms with Gasteiger partial charge in [0.1, 0.15) is 23.8 Å². The predicted octanol–water partition coefficient (Wildman–Crippen LogP) is 1.91. The average Bonchev–Trinajstić information content (AvgIpc) is 3.26. The first-order valence-electron chi connectivity index (χ1n) is 9.13. The molecular weight excluding hydrogens is 316 g/mol. The normalized spacial score (nSPS) is 17.0. The van der Waals surface area contributed by atoms with Crippen molar-refractivity contribution >= 4 is 11.6 Å². The molecule has 25 heavy (non-hydrogen) atoms. The molecule has 0 saturated heterocycles. The largest absolute Gasteiger partial charge is 0.370 e. The Labute approximate surface area is 146 Å². The number of hydrogen-bond acceptors (Lipinski definition) is 6. The third kappa shape index (κ3) is 3.08. The van der Waals surface area contributed by atoms with E-state index in [-0.39, 0.29) is 0 Å². The minimum absolute atomic E-state index is 0.551. The first-order chi connectivity index (χ1) is 12.3. The van der Waals surface area contributed by atoms with Gasteiger partial charge in [0.05, 0.1) is 0 Å². The van der Waals surface area contributed by atoms with E-state index < -0.39 is 0 Å². The number of rotatable bonds is 6. The van der Waals surface area contributed by atoms with Gasteiger partial charge in [-0.25, -0.2) is 4.98 Å². The van der Waals surface area contributed by atoms with Crippen LogP contribution in [-0.4, -0.2) is 40.9 Å². The maximum atomic E-state index is 4.55. The summed E-state index contributed by atoms with van der Waals surface area (Å²) in [6, 6.07) is 2.09. The van der Waals surface area contributed by atoms with Crippen LogP contribution in [0.5, 0.6) is 0 Å². The molecule has 0 aliphatic carbocycles. The molecule has 3 aromatic rings. The van der Waals surface area contributed by atoms with Gasteiger partial charge in [0.2, 0.25) is 0 Å². The molecule has 1 atom stereocenters. The second kappa shape index (κ2) is 6.78. The Morgan fingerprint density at radius 3 is 3.04 bits per heavy atom. The van der Waals surface area contributed by atoms with Gasteiger partial charge in [0.15, 0.2) is 0 Å². The average molecular weight is 340 g/mol. The summed E-state index contributed by atoms with van der Waals surface area (Å²) in [4.78, 5) is 8.80. The van der Waals surface area contributed by atoms with Crippen LogP contribution in [0.2, 0.25) is 0 Å². The van der Waals surface area contributed by atoms with Crippen molar-refractivity contribution in [2.75, 3.05) is 11.9 Å². The fourth-order valence-corrected chi connectivity index (χ4v) is 3.50. The molecule has 0 radical (unpaired) electrons. The van der Waals surface area contributed by atoms with Crippen molar-refractivity contribution in [3.63, 3.8) is 0 Å². The molecule has 0 unspecified atom stereocenters. The molecule has 4 heterocycles. The van der Waals surface area contributed by atoms with Crippen LogP contribution in [0.4, 0.5) is 5.82 Å². The Bertz CT molecular complexity index is 851. The monoisotopic (exact) mass is 340 g/mol. The molecule has 3 aromatic heterocycles. The topological polar surface area (TPSA) is 85.8 Å². The van der Waals surface area contributed by atoms with E-state index in [2.05, 4.69) is 55.1 Å². The van der Waals surface area contributed by atoms with Gasteiger partial charge in [-0.15, -0.1) is 10.2 Å². The molecule has 1 aliphatic rings. The molecule has 4 rings (SSSR count). The Morgan fingerprint density at radius 1 is 1.28 bits per heavy atom. The highest BCUT2D eigenvalue weighted by molar-refractivity contribution is 5.45. The lowest BCUT2D eigenvalue weighted by molar-refractivity contribution is 0.374. The summed E-state index contributed by atoms with van der Waals surface area (Å²) >= 11 is 0. The van der Waals surface area contributed by atoms with Gasteiger partial charge in [-0.3, -0.25) is 0 Å². The van der Waals surface area contributed by atoms with Crippen molar-refractivity contribution in [2.24, 2.45) is 5.92 Å². The zero-order chi connectivity index (χ0) is 17.2. The van der Waals surface area contributed by atoms with Gasteiger partial charge >= 0.3 is 0 Å². The van der Waals surface area contributed by atoms with E-state index in [9.17, 15) is 0 Å². The number of nitrogens with zero attached hydrogens (tertiary/aromatic N) is 7. The number of nitrogens with one attached hydrogen (secondary N) is 1. The predicted molar refractivity (Wildman–Crippen MR) is 94.5 cm³/mol. The number of aryl methyl sites for hydroxylation is 3. The van der Waals surface area contributed by atoms with Crippen LogP contribution in [-0.2, 0) is 25.8 Å². The number of anilines is 1. The Balaban J connectivity index is 1.50. The van der Waals surface area contributed by atoms with Crippen LogP contribution in [0.1, 0.15) is 44.0 Å². The van der Waals surface area contributed by atoms with Crippen molar-refractivity contribution in [1.29, 1.82) is 0 Å². The summed E-state index contributed by atoms with van der Waals surface area (Å²) in [5.74, 6) is 4.39. The molecule has 0 spiro atoms. The maximum Gasteiger partial charge on any atom is 0.254 e. The smallest absolute Gasteiger partial charge is 0.254 e. The second-order valence-electron chi connectivity index (χ2n) is 6.64.